The van der Waals surface area contributed by atoms with E-state index in [1.54, 1.807) is 18.2 Å². The topological polar surface area (TPSA) is 111 Å². The Morgan fingerprint density at radius 1 is 1.14 bits per heavy atom. The van der Waals surface area contributed by atoms with E-state index in [1.165, 1.54) is 39.5 Å². The smallest absolute Gasteiger partial charge is 0.307 e. The Bertz CT molecular complexity index is 1010. The summed E-state index contributed by atoms with van der Waals surface area (Å²) in [6.45, 7) is 0. The second-order valence-corrected chi connectivity index (χ2v) is 8.71. The van der Waals surface area contributed by atoms with Gasteiger partial charge in [-0.2, -0.15) is 0 Å². The molecule has 2 rings (SSSR count). The molecule has 0 spiro atoms. The van der Waals surface area contributed by atoms with E-state index in [2.05, 4.69) is 26.0 Å². The van der Waals surface area contributed by atoms with Gasteiger partial charge in [-0.1, -0.05) is 28.1 Å². The molecule has 0 heterocycles. The van der Waals surface area contributed by atoms with E-state index in [9.17, 15) is 18.0 Å². The van der Waals surface area contributed by atoms with Crippen LogP contribution >= 0.6 is 15.9 Å². The first kappa shape index (κ1) is 22.9. The van der Waals surface area contributed by atoms with Gasteiger partial charge in [-0.25, -0.2) is 13.1 Å². The van der Waals surface area contributed by atoms with Gasteiger partial charge in [-0.3, -0.25) is 9.59 Å². The number of rotatable bonds is 8. The molecule has 8 nitrogen and oxygen atoms in total. The number of sulfonamides is 1. The highest BCUT2D eigenvalue weighted by molar-refractivity contribution is 9.10. The van der Waals surface area contributed by atoms with Gasteiger partial charge in [0, 0.05) is 10.0 Å². The number of carbonyl (C=O) groups excluding carboxylic acids is 2. The van der Waals surface area contributed by atoms with Crippen LogP contribution in [0, 0.1) is 0 Å². The summed E-state index contributed by atoms with van der Waals surface area (Å²) in [5.74, 6) is -0.938. The predicted octanol–water partition coefficient (Wildman–Crippen LogP) is 2.40. The Kier molecular flexibility index (Phi) is 7.77. The van der Waals surface area contributed by atoms with E-state index in [1.807, 2.05) is 6.07 Å². The van der Waals surface area contributed by atoms with Crippen LogP contribution in [0.1, 0.15) is 28.4 Å². The quantitative estimate of drug-likeness (QED) is 0.556. The number of methoxy groups -OCH3 is 2. The monoisotopic (exact) mass is 484 g/mol. The minimum atomic E-state index is -3.84. The van der Waals surface area contributed by atoms with Gasteiger partial charge in [-0.15, -0.1) is 0 Å². The molecule has 0 fully saturated rings. The van der Waals surface area contributed by atoms with E-state index < -0.39 is 27.9 Å². The number of benzene rings is 2. The third-order valence-electron chi connectivity index (χ3n) is 4.14. The van der Waals surface area contributed by atoms with Crippen LogP contribution in [0.3, 0.4) is 0 Å². The maximum absolute atomic E-state index is 12.8. The number of hydrogen-bond donors (Lipinski definition) is 2. The highest BCUT2D eigenvalue weighted by atomic mass is 79.9. The molecule has 0 saturated heterocycles. The fourth-order valence-corrected chi connectivity index (χ4v) is 3.94. The van der Waals surface area contributed by atoms with Crippen LogP contribution in [0.4, 0.5) is 0 Å². The fourth-order valence-electron chi connectivity index (χ4n) is 2.61. The van der Waals surface area contributed by atoms with Gasteiger partial charge in [-0.05, 0) is 42.9 Å². The van der Waals surface area contributed by atoms with E-state index in [0.717, 1.165) is 4.47 Å². The summed E-state index contributed by atoms with van der Waals surface area (Å²) in [5.41, 5.74) is 0.791. The number of esters is 1. The molecule has 2 N–H and O–H groups in total. The van der Waals surface area contributed by atoms with Gasteiger partial charge < -0.3 is 14.8 Å². The van der Waals surface area contributed by atoms with Crippen LogP contribution in [0.2, 0.25) is 0 Å². The summed E-state index contributed by atoms with van der Waals surface area (Å²) in [4.78, 5) is 24.5. The minimum Gasteiger partial charge on any atom is -0.495 e. The first-order valence-electron chi connectivity index (χ1n) is 8.46. The van der Waals surface area contributed by atoms with Crippen LogP contribution in [0.25, 0.3) is 0 Å². The summed E-state index contributed by atoms with van der Waals surface area (Å²) in [6, 6.07) is 10.5. The molecule has 1 amide bonds. The highest BCUT2D eigenvalue weighted by Gasteiger charge is 2.23. The summed E-state index contributed by atoms with van der Waals surface area (Å²) in [6.07, 6.45) is -0.0868. The van der Waals surface area contributed by atoms with Crippen LogP contribution < -0.4 is 14.8 Å². The van der Waals surface area contributed by atoms with Crippen molar-refractivity contribution in [3.63, 3.8) is 0 Å². The zero-order valence-electron chi connectivity index (χ0n) is 16.1. The Morgan fingerprint density at radius 2 is 1.86 bits per heavy atom. The van der Waals surface area contributed by atoms with Gasteiger partial charge in [0.25, 0.3) is 5.91 Å². The molecular formula is C19H21BrN2O6S. The largest absolute Gasteiger partial charge is 0.495 e. The molecule has 10 heteroatoms. The molecule has 156 valence electrons. The van der Waals surface area contributed by atoms with E-state index in [4.69, 9.17) is 9.47 Å². The fraction of sp³-hybridized carbons (Fsp3) is 0.263. The second-order valence-electron chi connectivity index (χ2n) is 5.93. The summed E-state index contributed by atoms with van der Waals surface area (Å²) in [5, 5.41) is 2.76. The van der Waals surface area contributed by atoms with Crippen molar-refractivity contribution < 1.29 is 27.5 Å². The lowest BCUT2D eigenvalue weighted by molar-refractivity contribution is -0.141. The van der Waals surface area contributed by atoms with E-state index >= 15 is 0 Å². The Balaban J connectivity index is 2.38. The average molecular weight is 485 g/mol. The SMILES string of the molecule is CNS(=O)(=O)c1cc(C(=O)N[C@@H](CC(=O)OC)c2cccc(Br)c2)ccc1OC. The highest BCUT2D eigenvalue weighted by Crippen LogP contribution is 2.26. The maximum atomic E-state index is 12.8. The molecule has 0 aliphatic carbocycles. The van der Waals surface area contributed by atoms with Crippen molar-refractivity contribution in [2.24, 2.45) is 0 Å². The molecule has 0 bridgehead atoms. The number of ether oxygens (including phenoxy) is 2. The van der Waals surface area contributed by atoms with E-state index in [0.29, 0.717) is 5.56 Å². The van der Waals surface area contributed by atoms with E-state index in [-0.39, 0.29) is 22.6 Å². The average Bonchev–Trinajstić information content (AvgIpc) is 2.72. The summed E-state index contributed by atoms with van der Waals surface area (Å²) in [7, 11) is 0.0247. The van der Waals surface area contributed by atoms with Crippen molar-refractivity contribution in [1.82, 2.24) is 10.0 Å². The molecule has 0 aliphatic rings. The van der Waals surface area contributed by atoms with Crippen LogP contribution in [0.5, 0.6) is 5.75 Å². The van der Waals surface area contributed by atoms with Crippen molar-refractivity contribution in [2.75, 3.05) is 21.3 Å². The minimum absolute atomic E-state index is 0.0868. The second kappa shape index (κ2) is 9.86. The molecule has 2 aromatic carbocycles. The van der Waals surface area contributed by atoms with Crippen molar-refractivity contribution in [3.8, 4) is 5.75 Å². The number of halogens is 1. The molecule has 2 aromatic rings. The zero-order chi connectivity index (χ0) is 21.6. The number of hydrogen-bond acceptors (Lipinski definition) is 6. The maximum Gasteiger partial charge on any atom is 0.307 e. The van der Waals surface area contributed by atoms with Crippen molar-refractivity contribution >= 4 is 37.8 Å². The zero-order valence-corrected chi connectivity index (χ0v) is 18.5. The van der Waals surface area contributed by atoms with Gasteiger partial charge in [0.15, 0.2) is 0 Å². The van der Waals surface area contributed by atoms with Crippen molar-refractivity contribution in [2.45, 2.75) is 17.4 Å². The van der Waals surface area contributed by atoms with Crippen LogP contribution in [0.15, 0.2) is 51.8 Å². The van der Waals surface area contributed by atoms with Crippen molar-refractivity contribution in [3.05, 3.63) is 58.1 Å². The molecule has 1 atom stereocenters. The molecule has 0 aromatic heterocycles. The Labute approximate surface area is 177 Å². The molecule has 29 heavy (non-hydrogen) atoms. The van der Waals surface area contributed by atoms with Crippen LogP contribution in [-0.4, -0.2) is 41.6 Å². The number of carbonyl (C=O) groups is 2. The van der Waals surface area contributed by atoms with Gasteiger partial charge in [0.2, 0.25) is 10.0 Å². The van der Waals surface area contributed by atoms with Gasteiger partial charge in [0.1, 0.15) is 10.6 Å². The van der Waals surface area contributed by atoms with Gasteiger partial charge in [0.05, 0.1) is 26.7 Å². The molecule has 0 radical (unpaired) electrons. The lowest BCUT2D eigenvalue weighted by atomic mass is 10.0. The standard InChI is InChI=1S/C19H21BrN2O6S/c1-21-29(25,26)17-10-13(7-8-16(17)27-2)19(24)22-15(11-18(23)28-3)12-5-4-6-14(20)9-12/h4-10,15,21H,11H2,1-3H3,(H,22,24)/t15-/m0/s1. The third kappa shape index (κ3) is 5.78. The third-order valence-corrected chi connectivity index (χ3v) is 6.07. The molecular weight excluding hydrogens is 464 g/mol. The number of nitrogens with one attached hydrogen (secondary N) is 2. The lowest BCUT2D eigenvalue weighted by Crippen LogP contribution is -2.31. The lowest BCUT2D eigenvalue weighted by Gasteiger charge is -2.19. The molecule has 0 aliphatic heterocycles. The van der Waals surface area contributed by atoms with Crippen LogP contribution in [-0.2, 0) is 19.6 Å². The van der Waals surface area contributed by atoms with Crippen molar-refractivity contribution in [1.29, 1.82) is 0 Å². The summed E-state index contributed by atoms with van der Waals surface area (Å²) >= 11 is 3.36. The Hall–Kier alpha value is -2.43. The first-order chi connectivity index (χ1) is 13.7. The first-order valence-corrected chi connectivity index (χ1v) is 10.7. The number of amides is 1. The normalized spacial score (nSPS) is 12.1. The molecule has 0 unspecified atom stereocenters. The Morgan fingerprint density at radius 3 is 2.45 bits per heavy atom. The molecule has 0 saturated carbocycles. The summed E-state index contributed by atoms with van der Waals surface area (Å²) < 4.78 is 37.2. The predicted molar refractivity (Wildman–Crippen MR) is 110 cm³/mol. The van der Waals surface area contributed by atoms with Gasteiger partial charge >= 0.3 is 5.97 Å².